The molecule has 0 heterocycles. The maximum Gasteiger partial charge on any atom is 0.305 e. The molecular formula is C62H117NO5. The molecule has 0 aliphatic rings. The van der Waals surface area contributed by atoms with E-state index in [0.717, 1.165) is 77.0 Å². The third-order valence-corrected chi connectivity index (χ3v) is 13.9. The fourth-order valence-electron chi connectivity index (χ4n) is 9.25. The Balaban J connectivity index is 3.46. The zero-order valence-electron chi connectivity index (χ0n) is 45.6. The van der Waals surface area contributed by atoms with Crippen molar-refractivity contribution in [2.24, 2.45) is 0 Å². The third kappa shape index (κ3) is 53.4. The summed E-state index contributed by atoms with van der Waals surface area (Å²) in [6.45, 7) is 4.91. The standard InChI is InChI=1S/C62H117NO5/c1-3-5-7-9-11-13-15-17-19-21-22-24-28-32-36-40-44-48-52-56-62(67)68-57-53-49-45-41-37-33-29-25-27-31-35-39-43-47-51-55-61(66)63-59(58-64)60(65)54-50-46-42-38-34-30-26-23-20-18-16-14-12-10-8-6-4-2/h11,13,17,19,29,33,59-60,64-65H,3-10,12,14-16,18,20-28,30-32,34-58H2,1-2H3,(H,63,66)/b13-11-,19-17-,33-29-. The van der Waals surface area contributed by atoms with Crippen LogP contribution in [0.4, 0.5) is 0 Å². The molecule has 6 heteroatoms. The van der Waals surface area contributed by atoms with Crippen molar-refractivity contribution in [3.8, 4) is 0 Å². The van der Waals surface area contributed by atoms with Crippen molar-refractivity contribution in [3.63, 3.8) is 0 Å². The van der Waals surface area contributed by atoms with E-state index in [4.69, 9.17) is 4.74 Å². The van der Waals surface area contributed by atoms with Crippen molar-refractivity contribution >= 4 is 11.9 Å². The maximum absolute atomic E-state index is 12.5. The lowest BCUT2D eigenvalue weighted by molar-refractivity contribution is -0.143. The van der Waals surface area contributed by atoms with Crippen molar-refractivity contribution < 1.29 is 24.5 Å². The third-order valence-electron chi connectivity index (χ3n) is 13.9. The van der Waals surface area contributed by atoms with Crippen LogP contribution >= 0.6 is 0 Å². The van der Waals surface area contributed by atoms with Crippen molar-refractivity contribution in [1.29, 1.82) is 0 Å². The van der Waals surface area contributed by atoms with E-state index < -0.39 is 12.1 Å². The molecule has 0 aromatic rings. The Labute approximate surface area is 424 Å². The molecule has 2 atom stereocenters. The summed E-state index contributed by atoms with van der Waals surface area (Å²) < 4.78 is 5.48. The first kappa shape index (κ1) is 66.1. The zero-order valence-corrected chi connectivity index (χ0v) is 45.6. The molecule has 0 spiro atoms. The van der Waals surface area contributed by atoms with Crippen LogP contribution in [0.5, 0.6) is 0 Å². The number of allylic oxidation sites excluding steroid dienone is 6. The number of unbranched alkanes of at least 4 members (excludes halogenated alkanes) is 39. The highest BCUT2D eigenvalue weighted by Crippen LogP contribution is 2.17. The van der Waals surface area contributed by atoms with Crippen LogP contribution in [0, 0.1) is 0 Å². The molecule has 0 saturated heterocycles. The minimum Gasteiger partial charge on any atom is -0.466 e. The summed E-state index contributed by atoms with van der Waals surface area (Å²) >= 11 is 0. The van der Waals surface area contributed by atoms with Gasteiger partial charge in [-0.3, -0.25) is 9.59 Å². The molecule has 0 aromatic heterocycles. The van der Waals surface area contributed by atoms with E-state index in [1.165, 1.54) is 212 Å². The van der Waals surface area contributed by atoms with Crippen molar-refractivity contribution in [1.82, 2.24) is 5.32 Å². The van der Waals surface area contributed by atoms with Crippen LogP contribution in [0.3, 0.4) is 0 Å². The molecule has 0 radical (unpaired) electrons. The average Bonchev–Trinajstić information content (AvgIpc) is 3.34. The molecule has 1 amide bonds. The number of ether oxygens (including phenoxy) is 1. The SMILES string of the molecule is CCCCC/C=C\C/C=C\CCCCCCCCCCCC(=O)OCCCCCC/C=C\CCCCCCCCCC(=O)NC(CO)C(O)CCCCCCCCCCCCCCCCCCC. The van der Waals surface area contributed by atoms with Gasteiger partial charge in [0.05, 0.1) is 25.4 Å². The van der Waals surface area contributed by atoms with Crippen LogP contribution in [0.15, 0.2) is 36.5 Å². The van der Waals surface area contributed by atoms with E-state index in [1.807, 2.05) is 0 Å². The number of carbonyl (C=O) groups is 2. The lowest BCUT2D eigenvalue weighted by Crippen LogP contribution is -2.45. The zero-order chi connectivity index (χ0) is 49.3. The van der Waals surface area contributed by atoms with Gasteiger partial charge in [0.1, 0.15) is 0 Å². The van der Waals surface area contributed by atoms with Crippen molar-refractivity contribution in [2.75, 3.05) is 13.2 Å². The lowest BCUT2D eigenvalue weighted by Gasteiger charge is -2.22. The van der Waals surface area contributed by atoms with Gasteiger partial charge in [0.15, 0.2) is 0 Å². The number of hydrogen-bond acceptors (Lipinski definition) is 5. The minimum absolute atomic E-state index is 0.0135. The van der Waals surface area contributed by atoms with E-state index in [1.54, 1.807) is 0 Å². The molecule has 6 nitrogen and oxygen atoms in total. The first-order valence-corrected chi connectivity index (χ1v) is 30.2. The molecule has 0 aliphatic heterocycles. The Kier molecular flexibility index (Phi) is 56.0. The number of nitrogens with one attached hydrogen (secondary N) is 1. The summed E-state index contributed by atoms with van der Waals surface area (Å²) in [5, 5.41) is 23.3. The van der Waals surface area contributed by atoms with Gasteiger partial charge in [-0.15, -0.1) is 0 Å². The van der Waals surface area contributed by atoms with Gasteiger partial charge in [-0.2, -0.15) is 0 Å². The van der Waals surface area contributed by atoms with E-state index in [9.17, 15) is 19.8 Å². The summed E-state index contributed by atoms with van der Waals surface area (Å²) in [6.07, 6.45) is 71.4. The van der Waals surface area contributed by atoms with Gasteiger partial charge in [0.25, 0.3) is 0 Å². The predicted molar refractivity (Wildman–Crippen MR) is 296 cm³/mol. The maximum atomic E-state index is 12.5. The molecular weight excluding hydrogens is 839 g/mol. The van der Waals surface area contributed by atoms with Crippen LogP contribution < -0.4 is 5.32 Å². The Morgan fingerprint density at radius 2 is 0.735 bits per heavy atom. The number of esters is 1. The summed E-state index contributed by atoms with van der Waals surface area (Å²) in [5.74, 6) is -0.0623. The van der Waals surface area contributed by atoms with Crippen molar-refractivity contribution in [3.05, 3.63) is 36.5 Å². The first-order chi connectivity index (χ1) is 33.5. The van der Waals surface area contributed by atoms with Crippen LogP contribution in [-0.2, 0) is 14.3 Å². The number of aliphatic hydroxyl groups is 2. The van der Waals surface area contributed by atoms with Crippen LogP contribution in [-0.4, -0.2) is 47.4 Å². The molecule has 68 heavy (non-hydrogen) atoms. The van der Waals surface area contributed by atoms with Gasteiger partial charge >= 0.3 is 5.97 Å². The van der Waals surface area contributed by atoms with E-state index in [2.05, 4.69) is 55.6 Å². The fourth-order valence-corrected chi connectivity index (χ4v) is 9.25. The smallest absolute Gasteiger partial charge is 0.305 e. The monoisotopic (exact) mass is 956 g/mol. The summed E-state index contributed by atoms with van der Waals surface area (Å²) in [7, 11) is 0. The van der Waals surface area contributed by atoms with Gasteiger partial charge in [0.2, 0.25) is 5.91 Å². The molecule has 0 bridgehead atoms. The summed E-state index contributed by atoms with van der Waals surface area (Å²) in [6, 6.07) is -0.554. The number of carbonyl (C=O) groups excluding carboxylic acids is 2. The molecule has 3 N–H and O–H groups in total. The van der Waals surface area contributed by atoms with Gasteiger partial charge in [-0.25, -0.2) is 0 Å². The fraction of sp³-hybridized carbons (Fsp3) is 0.871. The second-order valence-electron chi connectivity index (χ2n) is 20.7. The molecule has 2 unspecified atom stereocenters. The van der Waals surface area contributed by atoms with Gasteiger partial charge in [0, 0.05) is 12.8 Å². The van der Waals surface area contributed by atoms with E-state index in [0.29, 0.717) is 25.9 Å². The Bertz CT molecular complexity index is 1100. The Morgan fingerprint density at radius 1 is 0.412 bits per heavy atom. The normalized spacial score (nSPS) is 12.8. The van der Waals surface area contributed by atoms with Gasteiger partial charge in [-0.1, -0.05) is 262 Å². The highest BCUT2D eigenvalue weighted by molar-refractivity contribution is 5.76. The van der Waals surface area contributed by atoms with E-state index >= 15 is 0 Å². The van der Waals surface area contributed by atoms with E-state index in [-0.39, 0.29) is 18.5 Å². The molecule has 400 valence electrons. The van der Waals surface area contributed by atoms with Crippen LogP contribution in [0.25, 0.3) is 0 Å². The number of aliphatic hydroxyl groups excluding tert-OH is 2. The Morgan fingerprint density at radius 3 is 1.16 bits per heavy atom. The first-order valence-electron chi connectivity index (χ1n) is 30.2. The topological polar surface area (TPSA) is 95.9 Å². The summed E-state index contributed by atoms with van der Waals surface area (Å²) in [5.41, 5.74) is 0. The highest BCUT2D eigenvalue weighted by atomic mass is 16.5. The van der Waals surface area contributed by atoms with Crippen LogP contribution in [0.2, 0.25) is 0 Å². The van der Waals surface area contributed by atoms with Gasteiger partial charge in [-0.05, 0) is 83.5 Å². The molecule has 0 aromatic carbocycles. The van der Waals surface area contributed by atoms with Crippen molar-refractivity contribution in [2.45, 2.75) is 334 Å². The molecule has 0 aliphatic carbocycles. The van der Waals surface area contributed by atoms with Gasteiger partial charge < -0.3 is 20.3 Å². The Hall–Kier alpha value is -1.92. The largest absolute Gasteiger partial charge is 0.466 e. The number of amides is 1. The van der Waals surface area contributed by atoms with Crippen LogP contribution in [0.1, 0.15) is 322 Å². The average molecular weight is 957 g/mol. The molecule has 0 saturated carbocycles. The minimum atomic E-state index is -0.675. The highest BCUT2D eigenvalue weighted by Gasteiger charge is 2.20. The second kappa shape index (κ2) is 57.7. The lowest BCUT2D eigenvalue weighted by atomic mass is 10.0. The predicted octanol–water partition coefficient (Wildman–Crippen LogP) is 18.8. The second-order valence-corrected chi connectivity index (χ2v) is 20.7. The number of rotatable bonds is 56. The quantitative estimate of drug-likeness (QED) is 0.0321. The summed E-state index contributed by atoms with van der Waals surface area (Å²) in [4.78, 5) is 24.6. The number of hydrogen-bond donors (Lipinski definition) is 3. The molecule has 0 fully saturated rings. The molecule has 0 rings (SSSR count).